The van der Waals surface area contributed by atoms with Crippen LogP contribution >= 0.6 is 0 Å². The van der Waals surface area contributed by atoms with Crippen LogP contribution in [0, 0.1) is 13.8 Å². The summed E-state index contributed by atoms with van der Waals surface area (Å²) in [5.74, 6) is 0. The van der Waals surface area contributed by atoms with Crippen LogP contribution in [0.3, 0.4) is 0 Å². The molecule has 0 fully saturated rings. The van der Waals surface area contributed by atoms with Gasteiger partial charge in [0.25, 0.3) is 0 Å². The molecule has 0 saturated heterocycles. The lowest BCUT2D eigenvalue weighted by molar-refractivity contribution is 0.188. The lowest BCUT2D eigenvalue weighted by Gasteiger charge is -2.03. The number of hydrogen-bond acceptors (Lipinski definition) is 3. The fraction of sp³-hybridized carbons (Fsp3) is 0.700. The number of aromatic nitrogens is 2. The number of aryl methyl sites for hydroxylation is 2. The lowest BCUT2D eigenvalue weighted by Crippen LogP contribution is -2.05. The number of methoxy groups -OCH3 is 1. The minimum absolute atomic E-state index is 0.0714. The third-order valence-corrected chi connectivity index (χ3v) is 2.41. The maximum atomic E-state index is 9.11. The molecule has 0 aliphatic heterocycles. The molecule has 1 N–H and O–H groups in total. The largest absolute Gasteiger partial charge is 0.392 e. The Morgan fingerprint density at radius 2 is 2.14 bits per heavy atom. The smallest absolute Gasteiger partial charge is 0.0718 e. The normalized spacial score (nSPS) is 10.9. The number of hydrogen-bond donors (Lipinski definition) is 1. The molecule has 4 nitrogen and oxygen atoms in total. The van der Waals surface area contributed by atoms with Crippen molar-refractivity contribution in [1.29, 1.82) is 0 Å². The van der Waals surface area contributed by atoms with Crippen molar-refractivity contribution < 1.29 is 9.84 Å². The van der Waals surface area contributed by atoms with Crippen LogP contribution in [0.5, 0.6) is 0 Å². The molecule has 0 aliphatic carbocycles. The topological polar surface area (TPSA) is 47.3 Å². The van der Waals surface area contributed by atoms with Crippen LogP contribution in [0.4, 0.5) is 0 Å². The van der Waals surface area contributed by atoms with Gasteiger partial charge in [0.1, 0.15) is 0 Å². The van der Waals surface area contributed by atoms with Crippen LogP contribution in [-0.2, 0) is 17.9 Å². The lowest BCUT2D eigenvalue weighted by atomic mass is 10.2. The predicted molar refractivity (Wildman–Crippen MR) is 54.1 cm³/mol. The van der Waals surface area contributed by atoms with Crippen molar-refractivity contribution in [2.75, 3.05) is 13.7 Å². The van der Waals surface area contributed by atoms with Crippen LogP contribution in [0.2, 0.25) is 0 Å². The molecule has 0 bridgehead atoms. The maximum absolute atomic E-state index is 9.11. The van der Waals surface area contributed by atoms with Crippen LogP contribution < -0.4 is 0 Å². The van der Waals surface area contributed by atoms with Crippen molar-refractivity contribution in [1.82, 2.24) is 9.78 Å². The first kappa shape index (κ1) is 11.2. The van der Waals surface area contributed by atoms with Crippen molar-refractivity contribution in [3.8, 4) is 0 Å². The molecule has 1 aromatic rings. The summed E-state index contributed by atoms with van der Waals surface area (Å²) < 4.78 is 6.91. The molecule has 0 atom stereocenters. The fourth-order valence-corrected chi connectivity index (χ4v) is 1.54. The summed E-state index contributed by atoms with van der Waals surface area (Å²) >= 11 is 0. The average Bonchev–Trinajstić information content (AvgIpc) is 2.42. The molecule has 1 heterocycles. The van der Waals surface area contributed by atoms with Crippen molar-refractivity contribution >= 4 is 0 Å². The second kappa shape index (κ2) is 5.12. The Bertz CT molecular complexity index is 295. The quantitative estimate of drug-likeness (QED) is 0.719. The summed E-state index contributed by atoms with van der Waals surface area (Å²) in [6.45, 7) is 5.57. The summed E-state index contributed by atoms with van der Waals surface area (Å²) in [7, 11) is 1.69. The average molecular weight is 198 g/mol. The Morgan fingerprint density at radius 3 is 2.64 bits per heavy atom. The van der Waals surface area contributed by atoms with E-state index in [1.54, 1.807) is 7.11 Å². The molecule has 14 heavy (non-hydrogen) atoms. The number of nitrogens with zero attached hydrogens (tertiary/aromatic N) is 2. The van der Waals surface area contributed by atoms with Crippen molar-refractivity contribution in [3.05, 3.63) is 17.0 Å². The fourth-order valence-electron chi connectivity index (χ4n) is 1.54. The Morgan fingerprint density at radius 1 is 1.43 bits per heavy atom. The minimum atomic E-state index is 0.0714. The Balaban J connectivity index is 2.68. The van der Waals surface area contributed by atoms with E-state index in [4.69, 9.17) is 9.84 Å². The summed E-state index contributed by atoms with van der Waals surface area (Å²) in [4.78, 5) is 0. The molecule has 0 spiro atoms. The zero-order chi connectivity index (χ0) is 10.6. The van der Waals surface area contributed by atoms with E-state index >= 15 is 0 Å². The van der Waals surface area contributed by atoms with E-state index in [-0.39, 0.29) is 6.61 Å². The summed E-state index contributed by atoms with van der Waals surface area (Å²) in [6, 6.07) is 0. The van der Waals surface area contributed by atoms with E-state index in [1.165, 1.54) is 0 Å². The van der Waals surface area contributed by atoms with Crippen LogP contribution in [0.15, 0.2) is 0 Å². The van der Waals surface area contributed by atoms with Gasteiger partial charge < -0.3 is 9.84 Å². The molecular weight excluding hydrogens is 180 g/mol. The van der Waals surface area contributed by atoms with Crippen molar-refractivity contribution in [2.24, 2.45) is 0 Å². The van der Waals surface area contributed by atoms with Gasteiger partial charge >= 0.3 is 0 Å². The van der Waals surface area contributed by atoms with Gasteiger partial charge in [0.2, 0.25) is 0 Å². The van der Waals surface area contributed by atoms with Gasteiger partial charge in [-0.2, -0.15) is 5.10 Å². The summed E-state index contributed by atoms with van der Waals surface area (Å²) in [5.41, 5.74) is 2.92. The summed E-state index contributed by atoms with van der Waals surface area (Å²) in [6.07, 6.45) is 0.948. The Kier molecular flexibility index (Phi) is 4.10. The number of rotatable bonds is 5. The number of aliphatic hydroxyl groups is 1. The second-order valence-electron chi connectivity index (χ2n) is 3.38. The molecule has 0 unspecified atom stereocenters. The molecule has 4 heteroatoms. The molecule has 0 aliphatic rings. The van der Waals surface area contributed by atoms with E-state index in [0.29, 0.717) is 0 Å². The highest BCUT2D eigenvalue weighted by atomic mass is 16.5. The molecule has 0 amide bonds. The van der Waals surface area contributed by atoms with Gasteiger partial charge in [-0.25, -0.2) is 0 Å². The third-order valence-electron chi connectivity index (χ3n) is 2.41. The minimum Gasteiger partial charge on any atom is -0.392 e. The molecule has 1 aromatic heterocycles. The molecule has 0 aromatic carbocycles. The Hall–Kier alpha value is -0.870. The van der Waals surface area contributed by atoms with Crippen LogP contribution in [0.1, 0.15) is 23.4 Å². The zero-order valence-electron chi connectivity index (χ0n) is 9.08. The van der Waals surface area contributed by atoms with Gasteiger partial charge in [0, 0.05) is 31.5 Å². The molecule has 1 rings (SSSR count). The van der Waals surface area contributed by atoms with E-state index < -0.39 is 0 Å². The van der Waals surface area contributed by atoms with Gasteiger partial charge in [-0.15, -0.1) is 0 Å². The molecule has 0 radical (unpaired) electrons. The van der Waals surface area contributed by atoms with Gasteiger partial charge in [-0.3, -0.25) is 4.68 Å². The van der Waals surface area contributed by atoms with Gasteiger partial charge in [0.15, 0.2) is 0 Å². The highest BCUT2D eigenvalue weighted by Gasteiger charge is 2.09. The highest BCUT2D eigenvalue weighted by molar-refractivity contribution is 5.23. The van der Waals surface area contributed by atoms with Gasteiger partial charge in [0.05, 0.1) is 12.3 Å². The number of ether oxygens (including phenoxy) is 1. The monoisotopic (exact) mass is 198 g/mol. The van der Waals surface area contributed by atoms with E-state index in [0.717, 1.165) is 36.5 Å². The Labute approximate surface area is 84.5 Å². The van der Waals surface area contributed by atoms with E-state index in [9.17, 15) is 0 Å². The maximum Gasteiger partial charge on any atom is 0.0718 e. The van der Waals surface area contributed by atoms with Crippen molar-refractivity contribution in [3.63, 3.8) is 0 Å². The second-order valence-corrected chi connectivity index (χ2v) is 3.38. The van der Waals surface area contributed by atoms with Crippen molar-refractivity contribution in [2.45, 2.75) is 33.4 Å². The van der Waals surface area contributed by atoms with Gasteiger partial charge in [-0.05, 0) is 20.3 Å². The molecule has 0 saturated carbocycles. The third kappa shape index (κ3) is 2.33. The SMILES string of the molecule is COCCCn1nc(C)c(CO)c1C. The predicted octanol–water partition coefficient (Wildman–Crippen LogP) is 1.03. The molecular formula is C10H18N2O2. The summed E-state index contributed by atoms with van der Waals surface area (Å²) in [5, 5.41) is 13.5. The first-order valence-corrected chi connectivity index (χ1v) is 4.83. The first-order valence-electron chi connectivity index (χ1n) is 4.83. The zero-order valence-corrected chi connectivity index (χ0v) is 9.08. The first-order chi connectivity index (χ1) is 6.70. The number of aliphatic hydroxyl groups excluding tert-OH is 1. The van der Waals surface area contributed by atoms with Crippen LogP contribution in [0.25, 0.3) is 0 Å². The van der Waals surface area contributed by atoms with E-state index in [1.807, 2.05) is 18.5 Å². The van der Waals surface area contributed by atoms with E-state index in [2.05, 4.69) is 5.10 Å². The highest BCUT2D eigenvalue weighted by Crippen LogP contribution is 2.12. The standard InChI is InChI=1S/C10H18N2O2/c1-8-10(7-13)9(2)12(11-8)5-4-6-14-3/h13H,4-7H2,1-3H3. The van der Waals surface area contributed by atoms with Gasteiger partial charge in [-0.1, -0.05) is 0 Å². The molecule has 80 valence electrons. The van der Waals surface area contributed by atoms with Crippen LogP contribution in [-0.4, -0.2) is 28.6 Å².